The maximum absolute atomic E-state index is 12.9. The van der Waals surface area contributed by atoms with Crippen LogP contribution in [0.4, 0.5) is 13.2 Å². The number of halogens is 3. The molecule has 1 saturated heterocycles. The summed E-state index contributed by atoms with van der Waals surface area (Å²) < 4.78 is 70.7. The molecule has 32 heavy (non-hydrogen) atoms. The van der Waals surface area contributed by atoms with Crippen LogP contribution in [0, 0.1) is 0 Å². The second-order valence-corrected chi connectivity index (χ2v) is 9.10. The second-order valence-electron chi connectivity index (χ2n) is 7.16. The van der Waals surface area contributed by atoms with Gasteiger partial charge in [-0.25, -0.2) is 8.42 Å². The first-order valence-electron chi connectivity index (χ1n) is 9.65. The van der Waals surface area contributed by atoms with E-state index < -0.39 is 32.6 Å². The summed E-state index contributed by atoms with van der Waals surface area (Å²) >= 11 is 0. The summed E-state index contributed by atoms with van der Waals surface area (Å²) in [6.45, 7) is 0.0521. The van der Waals surface area contributed by atoms with Gasteiger partial charge in [0.1, 0.15) is 0 Å². The molecule has 1 aliphatic rings. The molecule has 4 rings (SSSR count). The molecule has 0 radical (unpaired) electrons. The lowest BCUT2D eigenvalue weighted by atomic mass is 10.1. The number of carbonyl (C=O) groups excluding carboxylic acids is 1. The minimum atomic E-state index is -4.65. The number of hydrogen-bond acceptors (Lipinski definition) is 5. The zero-order chi connectivity index (χ0) is 22.9. The van der Waals surface area contributed by atoms with E-state index in [1.165, 1.54) is 11.0 Å². The highest BCUT2D eigenvalue weighted by Crippen LogP contribution is 2.31. The van der Waals surface area contributed by atoms with Gasteiger partial charge in [0.05, 0.1) is 10.5 Å². The van der Waals surface area contributed by atoms with Gasteiger partial charge in [0.2, 0.25) is 10.0 Å². The topological polar surface area (TPSA) is 83.7 Å². The fraction of sp³-hybridized carbons (Fsp3) is 0.238. The normalized spacial score (nSPS) is 15.7. The maximum Gasteiger partial charge on any atom is 0.416 e. The van der Waals surface area contributed by atoms with E-state index in [4.69, 9.17) is 4.52 Å². The fourth-order valence-electron chi connectivity index (χ4n) is 3.39. The van der Waals surface area contributed by atoms with E-state index in [1.807, 2.05) is 30.3 Å². The number of alkyl halides is 3. The Hall–Kier alpha value is -3.18. The van der Waals surface area contributed by atoms with Crippen molar-refractivity contribution in [3.05, 3.63) is 71.9 Å². The maximum atomic E-state index is 12.9. The molecule has 1 aliphatic heterocycles. The Bertz CT molecular complexity index is 1220. The Labute approximate surface area is 182 Å². The predicted molar refractivity (Wildman–Crippen MR) is 108 cm³/mol. The van der Waals surface area contributed by atoms with Crippen molar-refractivity contribution in [2.75, 3.05) is 26.2 Å². The first-order chi connectivity index (χ1) is 15.2. The molecule has 1 amide bonds. The molecule has 0 bridgehead atoms. The van der Waals surface area contributed by atoms with Crippen LogP contribution in [0.25, 0.3) is 11.3 Å². The quantitative estimate of drug-likeness (QED) is 0.589. The van der Waals surface area contributed by atoms with Crippen molar-refractivity contribution < 1.29 is 30.9 Å². The molecule has 0 saturated carbocycles. The molecular formula is C21H18F3N3O4S. The summed E-state index contributed by atoms with van der Waals surface area (Å²) in [5, 5.41) is 3.81. The fourth-order valence-corrected chi connectivity index (χ4v) is 4.86. The minimum Gasteiger partial charge on any atom is -0.355 e. The first kappa shape index (κ1) is 22.0. The number of amides is 1. The number of sulfonamides is 1. The molecule has 0 atom stereocenters. The summed E-state index contributed by atoms with van der Waals surface area (Å²) in [6.07, 6.45) is -4.65. The van der Waals surface area contributed by atoms with Gasteiger partial charge in [-0.15, -0.1) is 0 Å². The van der Waals surface area contributed by atoms with Gasteiger partial charge < -0.3 is 9.42 Å². The first-order valence-corrected chi connectivity index (χ1v) is 11.1. The molecular weight excluding hydrogens is 447 g/mol. The lowest BCUT2D eigenvalue weighted by Gasteiger charge is -2.33. The average Bonchev–Trinajstić information content (AvgIpc) is 3.29. The van der Waals surface area contributed by atoms with Crippen LogP contribution in [0.1, 0.15) is 16.1 Å². The van der Waals surface area contributed by atoms with Crippen LogP contribution in [0.15, 0.2) is 70.1 Å². The summed E-state index contributed by atoms with van der Waals surface area (Å²) in [7, 11) is -4.13. The van der Waals surface area contributed by atoms with Crippen LogP contribution in [0.2, 0.25) is 0 Å². The van der Waals surface area contributed by atoms with Gasteiger partial charge >= 0.3 is 6.18 Å². The van der Waals surface area contributed by atoms with Crippen molar-refractivity contribution in [2.24, 2.45) is 0 Å². The van der Waals surface area contributed by atoms with Gasteiger partial charge in [0, 0.05) is 37.8 Å². The van der Waals surface area contributed by atoms with Crippen molar-refractivity contribution in [3.63, 3.8) is 0 Å². The van der Waals surface area contributed by atoms with E-state index >= 15 is 0 Å². The van der Waals surface area contributed by atoms with E-state index in [9.17, 15) is 26.4 Å². The standard InChI is InChI=1S/C21H18F3N3O4S/c22-21(23,24)16-7-4-8-17(13-16)32(29,30)27-11-9-26(10-12-27)20(28)18-14-19(31-25-18)15-5-2-1-3-6-15/h1-8,13-14H,9-12H2. The van der Waals surface area contributed by atoms with Gasteiger partial charge in [-0.3, -0.25) is 4.79 Å². The van der Waals surface area contributed by atoms with Gasteiger partial charge in [-0.2, -0.15) is 17.5 Å². The van der Waals surface area contributed by atoms with E-state index in [0.717, 1.165) is 28.1 Å². The summed E-state index contributed by atoms with van der Waals surface area (Å²) in [5.41, 5.74) is -0.179. The zero-order valence-corrected chi connectivity index (χ0v) is 17.4. The molecule has 1 fully saturated rings. The molecule has 7 nitrogen and oxygen atoms in total. The van der Waals surface area contributed by atoms with Crippen molar-refractivity contribution in [2.45, 2.75) is 11.1 Å². The van der Waals surface area contributed by atoms with E-state index in [1.54, 1.807) is 0 Å². The molecule has 2 aromatic carbocycles. The number of nitrogens with zero attached hydrogens (tertiary/aromatic N) is 3. The molecule has 0 aliphatic carbocycles. The molecule has 2 heterocycles. The third-order valence-corrected chi connectivity index (χ3v) is 7.01. The van der Waals surface area contributed by atoms with Gasteiger partial charge in [0.15, 0.2) is 11.5 Å². The summed E-state index contributed by atoms with van der Waals surface area (Å²) in [4.78, 5) is 13.7. The van der Waals surface area contributed by atoms with Crippen LogP contribution in [0.3, 0.4) is 0 Å². The molecule has 0 unspecified atom stereocenters. The zero-order valence-electron chi connectivity index (χ0n) is 16.6. The monoisotopic (exact) mass is 465 g/mol. The summed E-state index contributed by atoms with van der Waals surface area (Å²) in [5.74, 6) is 0.0201. The highest BCUT2D eigenvalue weighted by molar-refractivity contribution is 7.89. The molecule has 11 heteroatoms. The number of rotatable bonds is 4. The van der Waals surface area contributed by atoms with Crippen molar-refractivity contribution in [1.82, 2.24) is 14.4 Å². The van der Waals surface area contributed by atoms with Crippen LogP contribution in [0.5, 0.6) is 0 Å². The van der Waals surface area contributed by atoms with Gasteiger partial charge in [-0.1, -0.05) is 41.6 Å². The van der Waals surface area contributed by atoms with E-state index in [0.29, 0.717) is 11.8 Å². The lowest BCUT2D eigenvalue weighted by molar-refractivity contribution is -0.137. The lowest BCUT2D eigenvalue weighted by Crippen LogP contribution is -2.50. The molecule has 0 spiro atoms. The Balaban J connectivity index is 1.44. The Kier molecular flexibility index (Phi) is 5.78. The Morgan fingerprint density at radius 3 is 2.28 bits per heavy atom. The summed E-state index contributed by atoms with van der Waals surface area (Å²) in [6, 6.07) is 14.3. The molecule has 168 valence electrons. The predicted octanol–water partition coefficient (Wildman–Crippen LogP) is 3.51. The van der Waals surface area contributed by atoms with Crippen molar-refractivity contribution in [3.8, 4) is 11.3 Å². The smallest absolute Gasteiger partial charge is 0.355 e. The third kappa shape index (κ3) is 4.39. The number of hydrogen-bond donors (Lipinski definition) is 0. The van der Waals surface area contributed by atoms with Crippen LogP contribution < -0.4 is 0 Å². The van der Waals surface area contributed by atoms with Crippen LogP contribution >= 0.6 is 0 Å². The number of piperazine rings is 1. The van der Waals surface area contributed by atoms with Crippen molar-refractivity contribution >= 4 is 15.9 Å². The Morgan fingerprint density at radius 1 is 0.938 bits per heavy atom. The highest BCUT2D eigenvalue weighted by atomic mass is 32.2. The molecule has 3 aromatic rings. The highest BCUT2D eigenvalue weighted by Gasteiger charge is 2.35. The van der Waals surface area contributed by atoms with Crippen LogP contribution in [-0.2, 0) is 16.2 Å². The second kappa shape index (κ2) is 8.40. The number of carbonyl (C=O) groups is 1. The van der Waals surface area contributed by atoms with Crippen LogP contribution in [-0.4, -0.2) is 54.9 Å². The SMILES string of the molecule is O=C(c1cc(-c2ccccc2)on1)N1CCN(S(=O)(=O)c2cccc(C(F)(F)F)c2)CC1. The number of aromatic nitrogens is 1. The van der Waals surface area contributed by atoms with Gasteiger partial charge in [-0.05, 0) is 18.2 Å². The van der Waals surface area contributed by atoms with E-state index in [-0.39, 0.29) is 31.9 Å². The van der Waals surface area contributed by atoms with E-state index in [2.05, 4.69) is 5.16 Å². The number of benzene rings is 2. The van der Waals surface area contributed by atoms with Gasteiger partial charge in [0.25, 0.3) is 5.91 Å². The largest absolute Gasteiger partial charge is 0.416 e. The van der Waals surface area contributed by atoms with Crippen molar-refractivity contribution in [1.29, 1.82) is 0 Å². The average molecular weight is 465 g/mol. The third-order valence-electron chi connectivity index (χ3n) is 5.11. The minimum absolute atomic E-state index is 0.0479. The molecule has 1 aromatic heterocycles. The Morgan fingerprint density at radius 2 is 1.62 bits per heavy atom. The molecule has 0 N–H and O–H groups in total.